The van der Waals surface area contributed by atoms with Gasteiger partial charge in [0.15, 0.2) is 11.2 Å². The Kier molecular flexibility index (Phi) is 1.21. The van der Waals surface area contributed by atoms with Gasteiger partial charge in [-0.05, 0) is 0 Å². The average Bonchev–Trinajstić information content (AvgIpc) is 2.43. The fourth-order valence-corrected chi connectivity index (χ4v) is 1.02. The van der Waals surface area contributed by atoms with E-state index in [0.29, 0.717) is 4.68 Å². The molecule has 0 saturated heterocycles. The van der Waals surface area contributed by atoms with Crippen LogP contribution in [0.5, 0.6) is 0 Å². The van der Waals surface area contributed by atoms with E-state index in [-0.39, 0.29) is 17.1 Å². The number of hydrogen-bond acceptors (Lipinski definition) is 6. The van der Waals surface area contributed by atoms with Gasteiger partial charge in [-0.3, -0.25) is 4.79 Å². The van der Waals surface area contributed by atoms with E-state index in [1.165, 1.54) is 6.33 Å². The largest absolute Gasteiger partial charge is 0.368 e. The van der Waals surface area contributed by atoms with Crippen molar-refractivity contribution in [3.05, 3.63) is 16.7 Å². The Morgan fingerprint density at radius 1 is 1.38 bits per heavy atom. The van der Waals surface area contributed by atoms with Crippen LogP contribution in [-0.2, 0) is 0 Å². The molecule has 0 fully saturated rings. The Morgan fingerprint density at radius 2 is 2.08 bits per heavy atom. The summed E-state index contributed by atoms with van der Waals surface area (Å²) in [4.78, 5) is 18.9. The molecule has 2 aromatic heterocycles. The van der Waals surface area contributed by atoms with Crippen LogP contribution in [0.4, 0.5) is 5.95 Å². The fourth-order valence-electron chi connectivity index (χ4n) is 1.02. The van der Waals surface area contributed by atoms with Crippen LogP contribution in [-0.4, -0.2) is 19.3 Å². The van der Waals surface area contributed by atoms with Crippen LogP contribution in [0.15, 0.2) is 11.1 Å². The Balaban J connectivity index is 3.06. The molecule has 0 amide bonds. The van der Waals surface area contributed by atoms with Gasteiger partial charge in [0, 0.05) is 0 Å². The van der Waals surface area contributed by atoms with Crippen molar-refractivity contribution in [3.63, 3.8) is 0 Å². The van der Waals surface area contributed by atoms with Gasteiger partial charge in [0.25, 0.3) is 0 Å². The highest BCUT2D eigenvalue weighted by atomic mass is 16.1. The first kappa shape index (κ1) is 7.40. The van der Waals surface area contributed by atoms with Gasteiger partial charge in [-0.1, -0.05) is 0 Å². The molecular formula is C5H7N7O. The van der Waals surface area contributed by atoms with Gasteiger partial charge in [0.05, 0.1) is 0 Å². The molecule has 2 rings (SSSR count). The molecule has 2 aromatic rings. The van der Waals surface area contributed by atoms with Crippen LogP contribution >= 0.6 is 0 Å². The number of imidazole rings is 1. The maximum Gasteiger partial charge on any atom is 0.301 e. The smallest absolute Gasteiger partial charge is 0.301 e. The van der Waals surface area contributed by atoms with Crippen molar-refractivity contribution in [2.75, 3.05) is 17.4 Å². The molecule has 0 aromatic carbocycles. The van der Waals surface area contributed by atoms with E-state index in [1.807, 2.05) is 0 Å². The second-order valence-electron chi connectivity index (χ2n) is 2.47. The third-order valence-electron chi connectivity index (χ3n) is 1.66. The van der Waals surface area contributed by atoms with Crippen LogP contribution in [0.3, 0.4) is 0 Å². The number of hydrogen-bond donors (Lipinski definition) is 3. The number of nitrogen functional groups attached to an aromatic ring is 3. The Bertz CT molecular complexity index is 523. The average molecular weight is 181 g/mol. The van der Waals surface area contributed by atoms with Crippen LogP contribution in [0, 0.1) is 0 Å². The molecule has 13 heavy (non-hydrogen) atoms. The molecule has 68 valence electrons. The lowest BCUT2D eigenvalue weighted by atomic mass is 10.5. The van der Waals surface area contributed by atoms with Gasteiger partial charge < -0.3 is 17.4 Å². The number of rotatable bonds is 0. The lowest BCUT2D eigenvalue weighted by Crippen LogP contribution is -2.32. The van der Waals surface area contributed by atoms with E-state index in [4.69, 9.17) is 17.4 Å². The maximum absolute atomic E-state index is 11.4. The predicted molar refractivity (Wildman–Crippen MR) is 46.5 cm³/mol. The molecule has 0 spiro atoms. The van der Waals surface area contributed by atoms with E-state index in [2.05, 4.69) is 9.97 Å². The predicted octanol–water partition coefficient (Wildman–Crippen LogP) is -2.40. The normalized spacial score (nSPS) is 10.8. The van der Waals surface area contributed by atoms with Crippen LogP contribution in [0.25, 0.3) is 11.2 Å². The summed E-state index contributed by atoms with van der Waals surface area (Å²) in [6.07, 6.45) is 1.26. The summed E-state index contributed by atoms with van der Waals surface area (Å²) in [6.45, 7) is 0. The zero-order valence-corrected chi connectivity index (χ0v) is 6.51. The number of anilines is 1. The Hall–Kier alpha value is -2.25. The zero-order chi connectivity index (χ0) is 9.59. The van der Waals surface area contributed by atoms with E-state index in [9.17, 15) is 4.79 Å². The van der Waals surface area contributed by atoms with Crippen molar-refractivity contribution in [1.29, 1.82) is 0 Å². The van der Waals surface area contributed by atoms with Crippen LogP contribution < -0.4 is 23.0 Å². The summed E-state index contributed by atoms with van der Waals surface area (Å²) >= 11 is 0. The minimum absolute atomic E-state index is 0.101. The highest BCUT2D eigenvalue weighted by Gasteiger charge is 2.10. The summed E-state index contributed by atoms with van der Waals surface area (Å²) in [7, 11) is 0. The summed E-state index contributed by atoms with van der Waals surface area (Å²) in [5, 5.41) is 0. The molecule has 0 aliphatic rings. The van der Waals surface area contributed by atoms with Crippen molar-refractivity contribution in [2.45, 2.75) is 0 Å². The SMILES string of the molecule is Nc1nc2ncn(N)c2c(=O)n1N. The molecule has 0 bridgehead atoms. The monoisotopic (exact) mass is 181 g/mol. The molecule has 0 unspecified atom stereocenters. The first-order valence-corrected chi connectivity index (χ1v) is 3.37. The minimum atomic E-state index is -0.525. The first-order chi connectivity index (χ1) is 6.11. The molecule has 8 heteroatoms. The van der Waals surface area contributed by atoms with Crippen molar-refractivity contribution in [3.8, 4) is 0 Å². The highest BCUT2D eigenvalue weighted by molar-refractivity contribution is 5.70. The minimum Gasteiger partial charge on any atom is -0.368 e. The molecule has 8 nitrogen and oxygen atoms in total. The van der Waals surface area contributed by atoms with E-state index < -0.39 is 5.56 Å². The topological polar surface area (TPSA) is 131 Å². The molecule has 0 aliphatic carbocycles. The number of fused-ring (bicyclic) bond motifs is 1. The quantitative estimate of drug-likeness (QED) is 0.388. The van der Waals surface area contributed by atoms with Gasteiger partial charge >= 0.3 is 5.56 Å². The van der Waals surface area contributed by atoms with Crippen molar-refractivity contribution >= 4 is 17.1 Å². The fraction of sp³-hybridized carbons (Fsp3) is 0. The summed E-state index contributed by atoms with van der Waals surface area (Å²) < 4.78 is 1.76. The standard InChI is InChI=1S/C5H7N7O/c6-5-10-3-2(4(13)12(5)8)11(7)1-9-3/h1H,7-8H2,(H2,6,10). The van der Waals surface area contributed by atoms with Crippen molar-refractivity contribution < 1.29 is 0 Å². The summed E-state index contributed by atoms with van der Waals surface area (Å²) in [5.41, 5.74) is 5.12. The second-order valence-corrected chi connectivity index (χ2v) is 2.47. The zero-order valence-electron chi connectivity index (χ0n) is 6.51. The van der Waals surface area contributed by atoms with Crippen molar-refractivity contribution in [2.24, 2.45) is 0 Å². The van der Waals surface area contributed by atoms with E-state index in [0.717, 1.165) is 4.68 Å². The third kappa shape index (κ3) is 0.818. The van der Waals surface area contributed by atoms with Gasteiger partial charge in [-0.2, -0.15) is 9.66 Å². The second kappa shape index (κ2) is 2.12. The maximum atomic E-state index is 11.4. The van der Waals surface area contributed by atoms with Gasteiger partial charge in [0.1, 0.15) is 6.33 Å². The molecular weight excluding hydrogens is 174 g/mol. The van der Waals surface area contributed by atoms with Crippen LogP contribution in [0.2, 0.25) is 0 Å². The van der Waals surface area contributed by atoms with E-state index >= 15 is 0 Å². The number of nitrogens with two attached hydrogens (primary N) is 3. The number of aromatic nitrogens is 4. The molecule has 0 aliphatic heterocycles. The van der Waals surface area contributed by atoms with Gasteiger partial charge in [0.2, 0.25) is 5.95 Å². The summed E-state index contributed by atoms with van der Waals surface area (Å²) in [6, 6.07) is 0. The lowest BCUT2D eigenvalue weighted by Gasteiger charge is -2.00. The molecule has 2 heterocycles. The molecule has 0 radical (unpaired) electrons. The molecule has 0 atom stereocenters. The first-order valence-electron chi connectivity index (χ1n) is 3.37. The Labute approximate surface area is 71.5 Å². The van der Waals surface area contributed by atoms with Gasteiger partial charge in [-0.25, -0.2) is 9.66 Å². The van der Waals surface area contributed by atoms with E-state index in [1.54, 1.807) is 0 Å². The lowest BCUT2D eigenvalue weighted by molar-refractivity contribution is 0.915. The molecule has 6 N–H and O–H groups in total. The summed E-state index contributed by atoms with van der Waals surface area (Å²) in [5.74, 6) is 10.6. The third-order valence-corrected chi connectivity index (χ3v) is 1.66. The molecule has 0 saturated carbocycles. The van der Waals surface area contributed by atoms with Crippen LogP contribution in [0.1, 0.15) is 0 Å². The highest BCUT2D eigenvalue weighted by Crippen LogP contribution is 2.02. The number of nitrogens with zero attached hydrogens (tertiary/aromatic N) is 4. The Morgan fingerprint density at radius 3 is 2.77 bits per heavy atom. The van der Waals surface area contributed by atoms with Gasteiger partial charge in [-0.15, -0.1) is 0 Å². The van der Waals surface area contributed by atoms with Crippen molar-refractivity contribution in [1.82, 2.24) is 19.3 Å².